The Kier molecular flexibility index (Phi) is 7.08. The SMILES string of the molecule is Cc1ccc(S(=O)(=O)N2CCNC(=O)C2CC(=O)NC2CCCc3cc(-c4cccnc4)ccc32)cc1. The number of piperazine rings is 1. The number of nitrogens with zero attached hydrogens (tertiary/aromatic N) is 2. The predicted octanol–water partition coefficient (Wildman–Crippen LogP) is 3.13. The van der Waals surface area contributed by atoms with Crippen LogP contribution in [0.5, 0.6) is 0 Å². The van der Waals surface area contributed by atoms with Crippen LogP contribution < -0.4 is 10.6 Å². The number of sulfonamides is 1. The Morgan fingerprint density at radius 1 is 1.14 bits per heavy atom. The van der Waals surface area contributed by atoms with Crippen molar-refractivity contribution in [1.29, 1.82) is 0 Å². The van der Waals surface area contributed by atoms with Gasteiger partial charge in [0.2, 0.25) is 21.8 Å². The third kappa shape index (κ3) is 5.28. The van der Waals surface area contributed by atoms with Gasteiger partial charge in [-0.25, -0.2) is 8.42 Å². The van der Waals surface area contributed by atoms with E-state index in [1.54, 1.807) is 18.3 Å². The van der Waals surface area contributed by atoms with Crippen molar-refractivity contribution in [2.45, 2.75) is 49.6 Å². The van der Waals surface area contributed by atoms with E-state index in [1.807, 2.05) is 37.4 Å². The molecule has 1 aromatic heterocycles. The van der Waals surface area contributed by atoms with Gasteiger partial charge in [0, 0.05) is 25.5 Å². The molecule has 2 amide bonds. The first kappa shape index (κ1) is 25.1. The summed E-state index contributed by atoms with van der Waals surface area (Å²) in [4.78, 5) is 30.2. The second-order valence-corrected chi connectivity index (χ2v) is 11.5. The van der Waals surface area contributed by atoms with Crippen molar-refractivity contribution in [3.05, 3.63) is 83.7 Å². The Morgan fingerprint density at radius 3 is 2.70 bits per heavy atom. The molecule has 0 radical (unpaired) electrons. The first-order valence-corrected chi connectivity index (χ1v) is 14.0. The van der Waals surface area contributed by atoms with Crippen LogP contribution in [-0.2, 0) is 26.0 Å². The molecule has 5 rings (SSSR count). The average Bonchev–Trinajstić information content (AvgIpc) is 2.90. The number of carbonyl (C=O) groups excluding carboxylic acids is 2. The van der Waals surface area contributed by atoms with Gasteiger partial charge in [0.1, 0.15) is 6.04 Å². The average molecular weight is 519 g/mol. The minimum atomic E-state index is -3.93. The normalized spacial score (nSPS) is 20.1. The number of aryl methyl sites for hydroxylation is 2. The van der Waals surface area contributed by atoms with Gasteiger partial charge < -0.3 is 10.6 Å². The number of aromatic nitrogens is 1. The second-order valence-electron chi connectivity index (χ2n) is 9.61. The smallest absolute Gasteiger partial charge is 0.243 e. The molecule has 2 unspecified atom stereocenters. The summed E-state index contributed by atoms with van der Waals surface area (Å²) in [5, 5.41) is 5.78. The van der Waals surface area contributed by atoms with Crippen LogP contribution in [-0.4, -0.2) is 48.7 Å². The number of carbonyl (C=O) groups is 2. The van der Waals surface area contributed by atoms with Crippen LogP contribution in [0, 0.1) is 6.92 Å². The molecule has 8 nitrogen and oxygen atoms in total. The zero-order chi connectivity index (χ0) is 26.0. The number of hydrogen-bond donors (Lipinski definition) is 2. The number of benzene rings is 2. The minimum absolute atomic E-state index is 0.114. The van der Waals surface area contributed by atoms with E-state index in [1.165, 1.54) is 17.7 Å². The highest BCUT2D eigenvalue weighted by Gasteiger charge is 2.40. The number of amides is 2. The first-order valence-electron chi connectivity index (χ1n) is 12.5. The van der Waals surface area contributed by atoms with Gasteiger partial charge in [0.05, 0.1) is 17.4 Å². The fraction of sp³-hybridized carbons (Fsp3) is 0.321. The lowest BCUT2D eigenvalue weighted by atomic mass is 9.85. The van der Waals surface area contributed by atoms with Gasteiger partial charge in [0.25, 0.3) is 0 Å². The summed E-state index contributed by atoms with van der Waals surface area (Å²) in [6.45, 7) is 2.20. The molecule has 2 aromatic carbocycles. The van der Waals surface area contributed by atoms with E-state index >= 15 is 0 Å². The van der Waals surface area contributed by atoms with Crippen molar-refractivity contribution < 1.29 is 18.0 Å². The molecule has 2 heterocycles. The van der Waals surface area contributed by atoms with Crippen LogP contribution in [0.25, 0.3) is 11.1 Å². The molecule has 9 heteroatoms. The minimum Gasteiger partial charge on any atom is -0.353 e. The largest absolute Gasteiger partial charge is 0.353 e. The van der Waals surface area contributed by atoms with Crippen LogP contribution in [0.3, 0.4) is 0 Å². The highest BCUT2D eigenvalue weighted by molar-refractivity contribution is 7.89. The van der Waals surface area contributed by atoms with Crippen LogP contribution in [0.1, 0.15) is 42.0 Å². The summed E-state index contributed by atoms with van der Waals surface area (Å²) >= 11 is 0. The molecular formula is C28H30N4O4S. The van der Waals surface area contributed by atoms with Crippen LogP contribution >= 0.6 is 0 Å². The summed E-state index contributed by atoms with van der Waals surface area (Å²) in [5.74, 6) is -0.803. The predicted molar refractivity (Wildman–Crippen MR) is 140 cm³/mol. The number of hydrogen-bond acceptors (Lipinski definition) is 5. The van der Waals surface area contributed by atoms with Crippen molar-refractivity contribution in [3.63, 3.8) is 0 Å². The number of pyridine rings is 1. The third-order valence-corrected chi connectivity index (χ3v) is 9.00. The van der Waals surface area contributed by atoms with E-state index in [9.17, 15) is 18.0 Å². The molecule has 3 aromatic rings. The molecule has 2 aliphatic rings. The summed E-state index contributed by atoms with van der Waals surface area (Å²) in [6, 6.07) is 15.4. The topological polar surface area (TPSA) is 108 Å². The number of fused-ring (bicyclic) bond motifs is 1. The van der Waals surface area contributed by atoms with Gasteiger partial charge in [0.15, 0.2) is 0 Å². The summed E-state index contributed by atoms with van der Waals surface area (Å²) in [6.07, 6.45) is 5.96. The third-order valence-electron chi connectivity index (χ3n) is 7.08. The Bertz CT molecular complexity index is 1410. The Balaban J connectivity index is 1.33. The monoisotopic (exact) mass is 518 g/mol. The molecule has 2 atom stereocenters. The van der Waals surface area contributed by atoms with Gasteiger partial charge in [-0.15, -0.1) is 0 Å². The Hall–Kier alpha value is -3.56. The number of nitrogens with one attached hydrogen (secondary N) is 2. The molecule has 192 valence electrons. The van der Waals surface area contributed by atoms with Crippen molar-refractivity contribution in [2.24, 2.45) is 0 Å². The maximum Gasteiger partial charge on any atom is 0.243 e. The van der Waals surface area contributed by atoms with Crippen molar-refractivity contribution >= 4 is 21.8 Å². The highest BCUT2D eigenvalue weighted by Crippen LogP contribution is 2.33. The summed E-state index contributed by atoms with van der Waals surface area (Å²) in [5.41, 5.74) is 5.29. The molecule has 1 aliphatic heterocycles. The van der Waals surface area contributed by atoms with Crippen LogP contribution in [0.4, 0.5) is 0 Å². The van der Waals surface area contributed by atoms with Gasteiger partial charge >= 0.3 is 0 Å². The van der Waals surface area contributed by atoms with E-state index < -0.39 is 22.0 Å². The molecule has 0 spiro atoms. The zero-order valence-electron chi connectivity index (χ0n) is 20.7. The van der Waals surface area contributed by atoms with E-state index in [-0.39, 0.29) is 36.4 Å². The van der Waals surface area contributed by atoms with E-state index in [2.05, 4.69) is 21.7 Å². The Morgan fingerprint density at radius 2 is 1.95 bits per heavy atom. The zero-order valence-corrected chi connectivity index (χ0v) is 21.5. The standard InChI is InChI=1S/C28H30N4O4S/c1-19-7-10-23(11-8-19)37(35,36)32-15-14-30-28(34)26(32)17-27(33)31-25-6-2-4-21-16-20(9-12-24(21)25)22-5-3-13-29-18-22/h3,5,7-13,16,18,25-26H,2,4,6,14-15,17H2,1H3,(H,30,34)(H,31,33). The fourth-order valence-electron chi connectivity index (χ4n) is 5.13. The first-order chi connectivity index (χ1) is 17.8. The van der Waals surface area contributed by atoms with E-state index in [0.717, 1.165) is 45.8 Å². The lowest BCUT2D eigenvalue weighted by Gasteiger charge is -2.34. The second kappa shape index (κ2) is 10.4. The van der Waals surface area contributed by atoms with Crippen LogP contribution in [0.2, 0.25) is 0 Å². The van der Waals surface area contributed by atoms with E-state index in [4.69, 9.17) is 0 Å². The molecule has 37 heavy (non-hydrogen) atoms. The molecule has 1 aliphatic carbocycles. The molecule has 0 bridgehead atoms. The lowest BCUT2D eigenvalue weighted by Crippen LogP contribution is -2.58. The maximum atomic E-state index is 13.3. The van der Waals surface area contributed by atoms with Crippen molar-refractivity contribution in [1.82, 2.24) is 19.9 Å². The van der Waals surface area contributed by atoms with Crippen molar-refractivity contribution in [2.75, 3.05) is 13.1 Å². The van der Waals surface area contributed by atoms with Crippen LogP contribution in [0.15, 0.2) is 71.9 Å². The van der Waals surface area contributed by atoms with Gasteiger partial charge in [-0.2, -0.15) is 4.31 Å². The maximum absolute atomic E-state index is 13.3. The Labute approximate surface area is 217 Å². The summed E-state index contributed by atoms with van der Waals surface area (Å²) < 4.78 is 27.9. The fourth-order valence-corrected chi connectivity index (χ4v) is 6.72. The highest BCUT2D eigenvalue weighted by atomic mass is 32.2. The quantitative estimate of drug-likeness (QED) is 0.521. The molecule has 2 N–H and O–H groups in total. The molecule has 0 saturated carbocycles. The number of rotatable bonds is 6. The van der Waals surface area contributed by atoms with E-state index in [0.29, 0.717) is 0 Å². The lowest BCUT2D eigenvalue weighted by molar-refractivity contribution is -0.132. The molecular weight excluding hydrogens is 488 g/mol. The van der Waals surface area contributed by atoms with Gasteiger partial charge in [-0.05, 0) is 66.6 Å². The van der Waals surface area contributed by atoms with Gasteiger partial charge in [-0.1, -0.05) is 42.0 Å². The van der Waals surface area contributed by atoms with Crippen molar-refractivity contribution in [3.8, 4) is 11.1 Å². The molecule has 1 fully saturated rings. The summed E-state index contributed by atoms with van der Waals surface area (Å²) in [7, 11) is -3.93. The van der Waals surface area contributed by atoms with Gasteiger partial charge in [-0.3, -0.25) is 14.6 Å². The molecule has 1 saturated heterocycles.